The second-order valence-electron chi connectivity index (χ2n) is 8.79. The number of ether oxygens (including phenoxy) is 1. The first-order valence-electron chi connectivity index (χ1n) is 12.2. The quantitative estimate of drug-likeness (QED) is 0.280. The van der Waals surface area contributed by atoms with Crippen LogP contribution in [0.4, 0.5) is 13.2 Å². The molecule has 0 saturated carbocycles. The number of carbonyl (C=O) groups is 1. The zero-order valence-electron chi connectivity index (χ0n) is 21.3. The molecule has 0 bridgehead atoms. The largest absolute Gasteiger partial charge is 0.494 e. The van der Waals surface area contributed by atoms with Crippen molar-refractivity contribution in [2.75, 3.05) is 13.2 Å². The second kappa shape index (κ2) is 11.4. The van der Waals surface area contributed by atoms with Gasteiger partial charge in [-0.3, -0.25) is 14.2 Å². The minimum Gasteiger partial charge on any atom is -0.494 e. The highest BCUT2D eigenvalue weighted by Gasteiger charge is 2.31. The van der Waals surface area contributed by atoms with E-state index in [-0.39, 0.29) is 29.9 Å². The van der Waals surface area contributed by atoms with Crippen molar-refractivity contribution in [1.82, 2.24) is 14.5 Å². The van der Waals surface area contributed by atoms with Crippen molar-refractivity contribution in [1.29, 1.82) is 5.26 Å². The third-order valence-electron chi connectivity index (χ3n) is 6.22. The lowest BCUT2D eigenvalue weighted by molar-refractivity contribution is -0.138. The minimum atomic E-state index is -4.55. The van der Waals surface area contributed by atoms with Crippen LogP contribution in [0.15, 0.2) is 77.6 Å². The number of halogens is 3. The molecular formula is C29H25F3N4O3. The molecule has 0 saturated heterocycles. The molecule has 0 N–H and O–H groups in total. The Morgan fingerprint density at radius 1 is 1.10 bits per heavy atom. The van der Waals surface area contributed by atoms with Crippen molar-refractivity contribution in [3.05, 3.63) is 100 Å². The number of benzene rings is 3. The van der Waals surface area contributed by atoms with Crippen LogP contribution in [0, 0.1) is 11.3 Å². The van der Waals surface area contributed by atoms with Crippen LogP contribution < -0.4 is 10.3 Å². The number of nitriles is 1. The van der Waals surface area contributed by atoms with Gasteiger partial charge in [0.25, 0.3) is 5.56 Å². The van der Waals surface area contributed by atoms with Gasteiger partial charge in [0, 0.05) is 0 Å². The summed E-state index contributed by atoms with van der Waals surface area (Å²) < 4.78 is 46.4. The van der Waals surface area contributed by atoms with Crippen LogP contribution in [-0.2, 0) is 17.4 Å². The summed E-state index contributed by atoms with van der Waals surface area (Å²) in [6.07, 6.45) is -4.92. The summed E-state index contributed by atoms with van der Waals surface area (Å²) in [6.45, 7) is 3.59. The van der Waals surface area contributed by atoms with Gasteiger partial charge in [0.2, 0.25) is 5.91 Å². The van der Waals surface area contributed by atoms with E-state index in [9.17, 15) is 28.0 Å². The van der Waals surface area contributed by atoms with Crippen LogP contribution in [0.3, 0.4) is 0 Å². The van der Waals surface area contributed by atoms with Gasteiger partial charge in [0.05, 0.1) is 47.3 Å². The van der Waals surface area contributed by atoms with Gasteiger partial charge in [-0.25, -0.2) is 4.98 Å². The lowest BCUT2D eigenvalue weighted by atomic mass is 10.1. The van der Waals surface area contributed by atoms with E-state index in [0.29, 0.717) is 28.9 Å². The summed E-state index contributed by atoms with van der Waals surface area (Å²) >= 11 is 0. The van der Waals surface area contributed by atoms with Gasteiger partial charge in [-0.1, -0.05) is 30.3 Å². The number of hydrogen-bond donors (Lipinski definition) is 0. The maximum Gasteiger partial charge on any atom is 0.416 e. The topological polar surface area (TPSA) is 88.2 Å². The molecule has 4 aromatic rings. The van der Waals surface area contributed by atoms with Crippen LogP contribution in [0.5, 0.6) is 5.75 Å². The van der Waals surface area contributed by atoms with Crippen LogP contribution in [0.1, 0.15) is 36.8 Å². The Morgan fingerprint density at radius 2 is 1.82 bits per heavy atom. The van der Waals surface area contributed by atoms with Crippen LogP contribution >= 0.6 is 0 Å². The van der Waals surface area contributed by atoms with E-state index in [4.69, 9.17) is 4.74 Å². The Balaban J connectivity index is 1.78. The number of rotatable bonds is 8. The van der Waals surface area contributed by atoms with E-state index in [1.807, 2.05) is 13.0 Å². The Hall–Kier alpha value is -4.65. The van der Waals surface area contributed by atoms with Crippen LogP contribution in [0.2, 0.25) is 0 Å². The van der Waals surface area contributed by atoms with Gasteiger partial charge in [-0.05, 0) is 61.9 Å². The van der Waals surface area contributed by atoms with Crippen molar-refractivity contribution in [3.63, 3.8) is 0 Å². The van der Waals surface area contributed by atoms with E-state index < -0.39 is 23.7 Å². The van der Waals surface area contributed by atoms with Gasteiger partial charge in [-0.2, -0.15) is 18.4 Å². The fourth-order valence-corrected chi connectivity index (χ4v) is 4.33. The number of para-hydroxylation sites is 1. The zero-order chi connectivity index (χ0) is 28.2. The molecule has 0 fully saturated rings. The third kappa shape index (κ3) is 5.93. The van der Waals surface area contributed by atoms with Gasteiger partial charge in [0.15, 0.2) is 0 Å². The first-order chi connectivity index (χ1) is 18.6. The van der Waals surface area contributed by atoms with Crippen LogP contribution in [0.25, 0.3) is 16.6 Å². The maximum atomic E-state index is 13.7. The number of hydrogen-bond acceptors (Lipinski definition) is 5. The summed E-state index contributed by atoms with van der Waals surface area (Å²) in [5.74, 6) is 0.236. The molecule has 0 radical (unpaired) electrons. The second-order valence-corrected chi connectivity index (χ2v) is 8.79. The zero-order valence-corrected chi connectivity index (χ0v) is 21.3. The van der Waals surface area contributed by atoms with Crippen molar-refractivity contribution in [2.24, 2.45) is 0 Å². The monoisotopic (exact) mass is 534 g/mol. The molecule has 1 aromatic heterocycles. The predicted octanol–water partition coefficient (Wildman–Crippen LogP) is 5.46. The Labute approximate surface area is 222 Å². The Bertz CT molecular complexity index is 1590. The molecule has 1 amide bonds. The minimum absolute atomic E-state index is 0.153. The van der Waals surface area contributed by atoms with E-state index in [1.165, 1.54) is 21.6 Å². The van der Waals surface area contributed by atoms with Gasteiger partial charge in [0.1, 0.15) is 18.1 Å². The van der Waals surface area contributed by atoms with E-state index >= 15 is 0 Å². The van der Waals surface area contributed by atoms with E-state index in [0.717, 1.165) is 12.1 Å². The fraction of sp³-hybridized carbons (Fsp3) is 0.241. The van der Waals surface area contributed by atoms with Crippen molar-refractivity contribution < 1.29 is 22.7 Å². The molecule has 10 heteroatoms. The summed E-state index contributed by atoms with van der Waals surface area (Å²) in [4.78, 5) is 32.9. The number of nitrogens with zero attached hydrogens (tertiary/aromatic N) is 4. The molecule has 0 aliphatic rings. The first-order valence-corrected chi connectivity index (χ1v) is 12.2. The average Bonchev–Trinajstić information content (AvgIpc) is 2.92. The molecule has 1 atom stereocenters. The molecule has 0 spiro atoms. The first kappa shape index (κ1) is 27.4. The lowest BCUT2D eigenvalue weighted by Gasteiger charge is -2.29. The Kier molecular flexibility index (Phi) is 8.00. The summed E-state index contributed by atoms with van der Waals surface area (Å²) in [5.41, 5.74) is -0.193. The number of aromatic nitrogens is 2. The van der Waals surface area contributed by atoms with Crippen molar-refractivity contribution >= 4 is 16.8 Å². The Morgan fingerprint density at radius 3 is 2.49 bits per heavy atom. The highest BCUT2D eigenvalue weighted by molar-refractivity contribution is 5.80. The van der Waals surface area contributed by atoms with Gasteiger partial charge in [-0.15, -0.1) is 0 Å². The normalized spacial score (nSPS) is 12.1. The van der Waals surface area contributed by atoms with Crippen molar-refractivity contribution in [2.45, 2.75) is 32.5 Å². The fourth-order valence-electron chi connectivity index (χ4n) is 4.33. The summed E-state index contributed by atoms with van der Waals surface area (Å²) in [6, 6.07) is 19.2. The van der Waals surface area contributed by atoms with E-state index in [2.05, 4.69) is 4.98 Å². The molecule has 7 nitrogen and oxygen atoms in total. The van der Waals surface area contributed by atoms with Gasteiger partial charge < -0.3 is 9.64 Å². The summed E-state index contributed by atoms with van der Waals surface area (Å²) in [7, 11) is 0. The molecule has 39 heavy (non-hydrogen) atoms. The van der Waals surface area contributed by atoms with Crippen LogP contribution in [-0.4, -0.2) is 33.5 Å². The smallest absolute Gasteiger partial charge is 0.416 e. The third-order valence-corrected chi connectivity index (χ3v) is 6.22. The number of carbonyl (C=O) groups excluding carboxylic acids is 1. The maximum absolute atomic E-state index is 13.7. The van der Waals surface area contributed by atoms with Crippen molar-refractivity contribution in [3.8, 4) is 17.5 Å². The highest BCUT2D eigenvalue weighted by atomic mass is 19.4. The molecule has 4 rings (SSSR count). The summed E-state index contributed by atoms with van der Waals surface area (Å²) in [5, 5.41) is 9.86. The van der Waals surface area contributed by atoms with E-state index in [1.54, 1.807) is 55.5 Å². The highest BCUT2D eigenvalue weighted by Crippen LogP contribution is 2.30. The number of alkyl halides is 3. The molecule has 0 unspecified atom stereocenters. The average molecular weight is 535 g/mol. The molecule has 3 aromatic carbocycles. The number of amides is 1. The number of fused-ring (bicyclic) bond motifs is 1. The molecule has 0 aliphatic carbocycles. The molecule has 200 valence electrons. The molecule has 0 aliphatic heterocycles. The predicted molar refractivity (Wildman–Crippen MR) is 139 cm³/mol. The van der Waals surface area contributed by atoms with Gasteiger partial charge >= 0.3 is 6.18 Å². The molecular weight excluding hydrogens is 509 g/mol. The lowest BCUT2D eigenvalue weighted by Crippen LogP contribution is -2.38. The molecule has 1 heterocycles. The SMILES string of the molecule is CCOc1ccc(-n2c([C@@H](C)N(CC#N)C(=O)Cc3cccc(C(F)(F)F)c3)nc3ccccc3c2=O)cc1. The standard InChI is InChI=1S/C29H25F3N4O3/c1-3-39-23-13-11-22(12-14-23)36-27(34-25-10-5-4-9-24(25)28(36)38)19(2)35(16-15-33)26(37)18-20-7-6-8-21(17-20)29(30,31)32/h4-14,17,19H,3,16,18H2,1-2H3/t19-/m1/s1.